The minimum absolute atomic E-state index is 0.105. The van der Waals surface area contributed by atoms with E-state index in [0.717, 1.165) is 34.1 Å². The lowest BCUT2D eigenvalue weighted by molar-refractivity contribution is 0.373. The van der Waals surface area contributed by atoms with Gasteiger partial charge in [-0.1, -0.05) is 24.3 Å². The van der Waals surface area contributed by atoms with Crippen LogP contribution in [0, 0.1) is 6.92 Å². The SMILES string of the molecule is COc1cc(-c2nc3cccc(C)n3c2Nc2ccccc2)ccc1O. The molecular formula is C21H19N3O2. The Kier molecular flexibility index (Phi) is 3.97. The third-order valence-electron chi connectivity index (χ3n) is 4.33. The number of methoxy groups -OCH3 is 1. The molecule has 4 rings (SSSR count). The van der Waals surface area contributed by atoms with Crippen LogP contribution in [-0.4, -0.2) is 21.6 Å². The van der Waals surface area contributed by atoms with Gasteiger partial charge >= 0.3 is 0 Å². The van der Waals surface area contributed by atoms with Crippen LogP contribution < -0.4 is 10.1 Å². The second kappa shape index (κ2) is 6.44. The molecule has 0 radical (unpaired) electrons. The van der Waals surface area contributed by atoms with Crippen molar-refractivity contribution >= 4 is 17.2 Å². The highest BCUT2D eigenvalue weighted by Gasteiger charge is 2.17. The van der Waals surface area contributed by atoms with Crippen LogP contribution in [0.5, 0.6) is 11.5 Å². The molecule has 2 heterocycles. The van der Waals surface area contributed by atoms with Crippen molar-refractivity contribution in [1.82, 2.24) is 9.38 Å². The van der Waals surface area contributed by atoms with E-state index in [1.807, 2.05) is 61.5 Å². The predicted molar refractivity (Wildman–Crippen MR) is 103 cm³/mol. The molecule has 0 amide bonds. The summed E-state index contributed by atoms with van der Waals surface area (Å²) in [5.41, 5.74) is 4.56. The fourth-order valence-electron chi connectivity index (χ4n) is 3.05. The molecule has 0 aliphatic carbocycles. The van der Waals surface area contributed by atoms with Crippen LogP contribution in [-0.2, 0) is 0 Å². The van der Waals surface area contributed by atoms with Crippen molar-refractivity contribution in [3.63, 3.8) is 0 Å². The Labute approximate surface area is 151 Å². The van der Waals surface area contributed by atoms with Crippen LogP contribution >= 0.6 is 0 Å². The van der Waals surface area contributed by atoms with Crippen LogP contribution in [0.3, 0.4) is 0 Å². The summed E-state index contributed by atoms with van der Waals surface area (Å²) in [5.74, 6) is 1.40. The Bertz CT molecular complexity index is 1070. The number of nitrogens with zero attached hydrogens (tertiary/aromatic N) is 2. The molecular weight excluding hydrogens is 326 g/mol. The Morgan fingerprint density at radius 1 is 1.00 bits per heavy atom. The summed E-state index contributed by atoms with van der Waals surface area (Å²) in [6.45, 7) is 2.05. The highest BCUT2D eigenvalue weighted by molar-refractivity contribution is 5.81. The monoisotopic (exact) mass is 345 g/mol. The highest BCUT2D eigenvalue weighted by Crippen LogP contribution is 2.36. The van der Waals surface area contributed by atoms with Crippen molar-refractivity contribution in [3.05, 3.63) is 72.4 Å². The minimum atomic E-state index is 0.105. The number of hydrogen-bond acceptors (Lipinski definition) is 4. The van der Waals surface area contributed by atoms with Crippen molar-refractivity contribution < 1.29 is 9.84 Å². The topological polar surface area (TPSA) is 58.8 Å². The van der Waals surface area contributed by atoms with Crippen LogP contribution in [0.1, 0.15) is 5.69 Å². The van der Waals surface area contributed by atoms with Gasteiger partial charge in [-0.3, -0.25) is 4.40 Å². The minimum Gasteiger partial charge on any atom is -0.504 e. The number of para-hydroxylation sites is 1. The van der Waals surface area contributed by atoms with Crippen LogP contribution in [0.4, 0.5) is 11.5 Å². The molecule has 0 saturated heterocycles. The molecule has 0 bridgehead atoms. The van der Waals surface area contributed by atoms with Gasteiger partial charge in [0.15, 0.2) is 11.5 Å². The molecule has 26 heavy (non-hydrogen) atoms. The lowest BCUT2D eigenvalue weighted by Gasteiger charge is -2.11. The van der Waals surface area contributed by atoms with E-state index < -0.39 is 0 Å². The van der Waals surface area contributed by atoms with E-state index in [-0.39, 0.29) is 5.75 Å². The number of nitrogens with one attached hydrogen (secondary N) is 1. The summed E-state index contributed by atoms with van der Waals surface area (Å²) in [5, 5.41) is 13.4. The first-order valence-corrected chi connectivity index (χ1v) is 8.35. The number of benzene rings is 2. The molecule has 0 unspecified atom stereocenters. The number of hydrogen-bond donors (Lipinski definition) is 2. The first-order valence-electron chi connectivity index (χ1n) is 8.35. The molecule has 0 atom stereocenters. The number of phenolic OH excluding ortho intramolecular Hbond substituents is 1. The standard InChI is InChI=1S/C21H19N3O2/c1-14-7-6-10-19-23-20(15-11-12-17(25)18(13-15)26-2)21(24(14)19)22-16-8-4-3-5-9-16/h3-13,22,25H,1-2H3. The molecule has 0 aliphatic rings. The van der Waals surface area contributed by atoms with Crippen molar-refractivity contribution in [2.75, 3.05) is 12.4 Å². The first-order chi connectivity index (χ1) is 12.7. The Morgan fingerprint density at radius 2 is 1.81 bits per heavy atom. The number of aromatic nitrogens is 2. The third kappa shape index (κ3) is 2.73. The fourth-order valence-corrected chi connectivity index (χ4v) is 3.05. The van der Waals surface area contributed by atoms with Gasteiger partial charge in [0, 0.05) is 16.9 Å². The van der Waals surface area contributed by atoms with Gasteiger partial charge in [-0.15, -0.1) is 0 Å². The van der Waals surface area contributed by atoms with Crippen LogP contribution in [0.2, 0.25) is 0 Å². The van der Waals surface area contributed by atoms with Crippen molar-refractivity contribution in [3.8, 4) is 22.8 Å². The van der Waals surface area contributed by atoms with Crippen molar-refractivity contribution in [2.45, 2.75) is 6.92 Å². The summed E-state index contributed by atoms with van der Waals surface area (Å²) in [4.78, 5) is 4.81. The summed E-state index contributed by atoms with van der Waals surface area (Å²) < 4.78 is 7.34. The molecule has 2 N–H and O–H groups in total. The smallest absolute Gasteiger partial charge is 0.161 e. The molecule has 0 aliphatic heterocycles. The zero-order chi connectivity index (χ0) is 18.1. The number of aryl methyl sites for hydroxylation is 1. The Hall–Kier alpha value is -3.47. The van der Waals surface area contributed by atoms with E-state index >= 15 is 0 Å². The predicted octanol–water partition coefficient (Wildman–Crippen LogP) is 4.77. The second-order valence-electron chi connectivity index (χ2n) is 6.05. The summed E-state index contributed by atoms with van der Waals surface area (Å²) in [6.07, 6.45) is 0. The highest BCUT2D eigenvalue weighted by atomic mass is 16.5. The Morgan fingerprint density at radius 3 is 2.58 bits per heavy atom. The molecule has 2 aromatic heterocycles. The van der Waals surface area contributed by atoms with Gasteiger partial charge in [0.2, 0.25) is 0 Å². The average molecular weight is 345 g/mol. The van der Waals surface area contributed by atoms with Gasteiger partial charge in [0.1, 0.15) is 17.2 Å². The number of imidazole rings is 1. The molecule has 5 heteroatoms. The normalized spacial score (nSPS) is 10.8. The van der Waals surface area contributed by atoms with Gasteiger partial charge in [-0.25, -0.2) is 4.98 Å². The quantitative estimate of drug-likeness (QED) is 0.559. The van der Waals surface area contributed by atoms with E-state index in [1.54, 1.807) is 12.1 Å². The lowest BCUT2D eigenvalue weighted by Crippen LogP contribution is -1.99. The fraction of sp³-hybridized carbons (Fsp3) is 0.0952. The van der Waals surface area contributed by atoms with E-state index in [4.69, 9.17) is 9.72 Å². The number of pyridine rings is 1. The molecule has 5 nitrogen and oxygen atoms in total. The largest absolute Gasteiger partial charge is 0.504 e. The van der Waals surface area contributed by atoms with E-state index in [9.17, 15) is 5.11 Å². The van der Waals surface area contributed by atoms with Crippen molar-refractivity contribution in [2.24, 2.45) is 0 Å². The second-order valence-corrected chi connectivity index (χ2v) is 6.05. The third-order valence-corrected chi connectivity index (χ3v) is 4.33. The number of anilines is 2. The molecule has 0 fully saturated rings. The molecule has 0 spiro atoms. The zero-order valence-corrected chi connectivity index (χ0v) is 14.6. The summed E-state index contributed by atoms with van der Waals surface area (Å²) in [6, 6.07) is 21.3. The zero-order valence-electron chi connectivity index (χ0n) is 14.6. The number of fused-ring (bicyclic) bond motifs is 1. The van der Waals surface area contributed by atoms with E-state index in [1.165, 1.54) is 7.11 Å². The van der Waals surface area contributed by atoms with Gasteiger partial charge in [-0.05, 0) is 49.4 Å². The van der Waals surface area contributed by atoms with Crippen LogP contribution in [0.15, 0.2) is 66.7 Å². The van der Waals surface area contributed by atoms with Gasteiger partial charge in [0.25, 0.3) is 0 Å². The molecule has 130 valence electrons. The number of aromatic hydroxyl groups is 1. The van der Waals surface area contributed by atoms with Crippen molar-refractivity contribution in [1.29, 1.82) is 0 Å². The maximum atomic E-state index is 9.90. The number of rotatable bonds is 4. The maximum absolute atomic E-state index is 9.90. The van der Waals surface area contributed by atoms with E-state index in [2.05, 4.69) is 9.72 Å². The van der Waals surface area contributed by atoms with E-state index in [0.29, 0.717) is 5.75 Å². The summed E-state index contributed by atoms with van der Waals surface area (Å²) in [7, 11) is 1.54. The maximum Gasteiger partial charge on any atom is 0.161 e. The lowest BCUT2D eigenvalue weighted by atomic mass is 10.1. The van der Waals surface area contributed by atoms with Crippen LogP contribution in [0.25, 0.3) is 16.9 Å². The molecule has 0 saturated carbocycles. The van der Waals surface area contributed by atoms with Gasteiger partial charge in [-0.2, -0.15) is 0 Å². The van der Waals surface area contributed by atoms with Gasteiger partial charge < -0.3 is 15.2 Å². The first kappa shape index (κ1) is 16.0. The summed E-state index contributed by atoms with van der Waals surface area (Å²) >= 11 is 0. The Balaban J connectivity index is 1.94. The van der Waals surface area contributed by atoms with Gasteiger partial charge in [0.05, 0.1) is 7.11 Å². The molecule has 4 aromatic rings. The number of ether oxygens (including phenoxy) is 1. The number of phenols is 1. The molecule has 2 aromatic carbocycles. The average Bonchev–Trinajstić information content (AvgIpc) is 3.03.